The highest BCUT2D eigenvalue weighted by molar-refractivity contribution is 6.00. The average molecular weight is 868 g/mol. The Morgan fingerprint density at radius 3 is 1.73 bits per heavy atom. The van der Waals surface area contributed by atoms with E-state index in [1.165, 1.54) is 18.2 Å². The highest BCUT2D eigenvalue weighted by Gasteiger charge is 2.44. The minimum Gasteiger partial charge on any atom is -0.491 e. The van der Waals surface area contributed by atoms with E-state index in [2.05, 4.69) is 10.6 Å². The van der Waals surface area contributed by atoms with Crippen molar-refractivity contribution >= 4 is 11.9 Å². The maximum Gasteiger partial charge on any atom is 0.416 e. The van der Waals surface area contributed by atoms with E-state index in [0.717, 1.165) is 44.6 Å². The quantitative estimate of drug-likeness (QED) is 0.0439. The third-order valence-corrected chi connectivity index (χ3v) is 10.8. The van der Waals surface area contributed by atoms with Crippen LogP contribution in [0.25, 0.3) is 0 Å². The molecule has 340 valence electrons. The molecule has 4 N–H and O–H groups in total. The Kier molecular flexibility index (Phi) is 20.8. The second kappa shape index (κ2) is 25.9. The first kappa shape index (κ1) is 49.8. The molecular formula is C48H64F3N3O8. The van der Waals surface area contributed by atoms with Crippen molar-refractivity contribution in [1.29, 1.82) is 0 Å². The lowest BCUT2D eigenvalue weighted by atomic mass is 9.78. The predicted molar refractivity (Wildman–Crippen MR) is 232 cm³/mol. The van der Waals surface area contributed by atoms with Gasteiger partial charge in [0, 0.05) is 31.5 Å². The number of carbonyl (C=O) groups is 2. The summed E-state index contributed by atoms with van der Waals surface area (Å²) in [6.45, 7) is 7.55. The zero-order chi connectivity index (χ0) is 44.9. The van der Waals surface area contributed by atoms with Crippen LogP contribution in [0.3, 0.4) is 0 Å². The molecule has 0 amide bonds. The molecule has 0 saturated heterocycles. The monoisotopic (exact) mass is 867 g/mol. The molecule has 0 spiro atoms. The molecule has 0 saturated carbocycles. The first-order chi connectivity index (χ1) is 29.8. The molecule has 1 aliphatic heterocycles. The van der Waals surface area contributed by atoms with Crippen molar-refractivity contribution < 1.29 is 51.9 Å². The number of ether oxygens (including phenoxy) is 4. The number of para-hydroxylation sites is 2. The number of allylic oxidation sites excluding steroid dienone is 2. The Hall–Kier alpha value is -4.89. The van der Waals surface area contributed by atoms with E-state index >= 15 is 0 Å². The molecule has 0 bridgehead atoms. The van der Waals surface area contributed by atoms with Gasteiger partial charge in [-0.3, -0.25) is 0 Å². The number of esters is 2. The molecule has 1 heterocycles. The number of nitrogens with zero attached hydrogens (tertiary/aromatic N) is 1. The zero-order valence-electron chi connectivity index (χ0n) is 36.4. The molecule has 11 nitrogen and oxygen atoms in total. The summed E-state index contributed by atoms with van der Waals surface area (Å²) >= 11 is 0. The van der Waals surface area contributed by atoms with Crippen LogP contribution in [0.1, 0.15) is 89.2 Å². The fourth-order valence-corrected chi connectivity index (χ4v) is 7.21. The lowest BCUT2D eigenvalue weighted by Gasteiger charge is -2.36. The molecular weight excluding hydrogens is 804 g/mol. The average Bonchev–Trinajstić information content (AvgIpc) is 3.26. The van der Waals surface area contributed by atoms with E-state index in [9.17, 15) is 33.0 Å². The summed E-state index contributed by atoms with van der Waals surface area (Å²) < 4.78 is 66.4. The number of unbranched alkanes of at least 4 members (excludes halogenated alkanes) is 5. The van der Waals surface area contributed by atoms with Gasteiger partial charge in [0.05, 0.1) is 35.3 Å². The van der Waals surface area contributed by atoms with Gasteiger partial charge in [0.15, 0.2) is 0 Å². The minimum absolute atomic E-state index is 0.0438. The van der Waals surface area contributed by atoms with Gasteiger partial charge >= 0.3 is 18.1 Å². The van der Waals surface area contributed by atoms with Crippen LogP contribution in [-0.2, 0) is 25.2 Å². The summed E-state index contributed by atoms with van der Waals surface area (Å²) in [5.74, 6) is -1.58. The Morgan fingerprint density at radius 2 is 1.18 bits per heavy atom. The topological polar surface area (TPSA) is 139 Å². The van der Waals surface area contributed by atoms with Crippen molar-refractivity contribution in [3.05, 3.63) is 119 Å². The van der Waals surface area contributed by atoms with Crippen LogP contribution in [0.15, 0.2) is 107 Å². The van der Waals surface area contributed by atoms with Crippen LogP contribution < -0.4 is 20.1 Å². The number of rotatable bonds is 27. The molecule has 3 aromatic rings. The van der Waals surface area contributed by atoms with Crippen molar-refractivity contribution in [2.24, 2.45) is 0 Å². The molecule has 0 aliphatic carbocycles. The molecule has 4 unspecified atom stereocenters. The van der Waals surface area contributed by atoms with Gasteiger partial charge in [-0.2, -0.15) is 13.2 Å². The first-order valence-electron chi connectivity index (χ1n) is 21.6. The molecule has 4 atom stereocenters. The van der Waals surface area contributed by atoms with Gasteiger partial charge in [-0.05, 0) is 102 Å². The standard InChI is InChI=1S/C48H64F3N3O8/c1-34(20-10-9-18-28-53-31-38(56)33-61-40-23-13-8-14-24-40)62-47(58)44-36(3)54(4)35(2)43(45(44)41-25-15-16-26-42(41)48(49,50)51)46(57)59-29-19-6-5-17-27-52-30-37(55)32-60-39-21-11-7-12-22-39/h7-8,11-16,21-26,34,37-38,45,52-53,55-56H,5-6,9-10,17-20,27-33H2,1-4H3. The summed E-state index contributed by atoms with van der Waals surface area (Å²) in [6.07, 6.45) is -0.800. The molecule has 4 rings (SSSR count). The number of hydrogen-bond donors (Lipinski definition) is 4. The van der Waals surface area contributed by atoms with Crippen molar-refractivity contribution in [3.63, 3.8) is 0 Å². The van der Waals surface area contributed by atoms with Gasteiger partial charge in [0.2, 0.25) is 0 Å². The summed E-state index contributed by atoms with van der Waals surface area (Å²) in [4.78, 5) is 29.6. The van der Waals surface area contributed by atoms with Gasteiger partial charge in [0.1, 0.15) is 36.9 Å². The van der Waals surface area contributed by atoms with Gasteiger partial charge in [-0.1, -0.05) is 73.9 Å². The third-order valence-electron chi connectivity index (χ3n) is 10.8. The maximum absolute atomic E-state index is 14.5. The molecule has 0 fully saturated rings. The van der Waals surface area contributed by atoms with E-state index in [-0.39, 0.29) is 36.5 Å². The lowest BCUT2D eigenvalue weighted by molar-refractivity contribution is -0.145. The Bertz CT molecular complexity index is 1880. The molecule has 1 aliphatic rings. The Morgan fingerprint density at radius 1 is 0.694 bits per heavy atom. The van der Waals surface area contributed by atoms with Gasteiger partial charge in [-0.25, -0.2) is 9.59 Å². The highest BCUT2D eigenvalue weighted by atomic mass is 19.4. The van der Waals surface area contributed by atoms with Crippen molar-refractivity contribution in [3.8, 4) is 11.5 Å². The number of alkyl halides is 3. The zero-order valence-corrected chi connectivity index (χ0v) is 36.4. The summed E-state index contributed by atoms with van der Waals surface area (Å²) in [6, 6.07) is 23.5. The molecule has 62 heavy (non-hydrogen) atoms. The van der Waals surface area contributed by atoms with E-state index in [4.69, 9.17) is 18.9 Å². The fourth-order valence-electron chi connectivity index (χ4n) is 7.21. The number of nitrogens with one attached hydrogen (secondary N) is 2. The number of aliphatic hydroxyl groups is 2. The van der Waals surface area contributed by atoms with Crippen LogP contribution in [-0.4, -0.2) is 98.4 Å². The van der Waals surface area contributed by atoms with Gasteiger partial charge < -0.3 is 44.7 Å². The van der Waals surface area contributed by atoms with Crippen molar-refractivity contribution in [2.45, 2.75) is 103 Å². The number of hydrogen-bond acceptors (Lipinski definition) is 11. The fraction of sp³-hybridized carbons (Fsp3) is 0.500. The SMILES string of the molecule is CC1=C(C(=O)OCCCCCCNCC(O)COc2ccccc2)C(c2ccccc2C(F)(F)F)C(C(=O)OC(C)CCCCCNCC(O)COc2ccccc2)=C(C)N1C. The van der Waals surface area contributed by atoms with Crippen LogP contribution in [0, 0.1) is 0 Å². The lowest BCUT2D eigenvalue weighted by Crippen LogP contribution is -2.35. The molecule has 0 radical (unpaired) electrons. The summed E-state index contributed by atoms with van der Waals surface area (Å²) in [5, 5.41) is 26.8. The first-order valence-corrected chi connectivity index (χ1v) is 21.6. The van der Waals surface area contributed by atoms with Crippen LogP contribution in [0.2, 0.25) is 0 Å². The van der Waals surface area contributed by atoms with Gasteiger partial charge in [-0.15, -0.1) is 0 Å². The van der Waals surface area contributed by atoms with Crippen LogP contribution in [0.5, 0.6) is 11.5 Å². The summed E-state index contributed by atoms with van der Waals surface area (Å²) in [5.41, 5.74) is -0.508. The molecule has 3 aromatic carbocycles. The number of carbonyl (C=O) groups excluding carboxylic acids is 2. The maximum atomic E-state index is 14.5. The molecule has 14 heteroatoms. The van der Waals surface area contributed by atoms with Crippen LogP contribution in [0.4, 0.5) is 13.2 Å². The minimum atomic E-state index is -4.76. The van der Waals surface area contributed by atoms with E-state index in [1.54, 1.807) is 32.7 Å². The number of benzene rings is 3. The number of halogens is 3. The number of aliphatic hydroxyl groups excluding tert-OH is 2. The molecule has 0 aromatic heterocycles. The smallest absolute Gasteiger partial charge is 0.416 e. The second-order valence-corrected chi connectivity index (χ2v) is 15.7. The summed E-state index contributed by atoms with van der Waals surface area (Å²) in [7, 11) is 1.66. The van der Waals surface area contributed by atoms with Crippen molar-refractivity contribution in [2.75, 3.05) is 53.0 Å². The predicted octanol–water partition coefficient (Wildman–Crippen LogP) is 7.94. The largest absolute Gasteiger partial charge is 0.491 e. The van der Waals surface area contributed by atoms with E-state index < -0.39 is 47.9 Å². The van der Waals surface area contributed by atoms with E-state index in [0.29, 0.717) is 61.9 Å². The Labute approximate surface area is 364 Å². The normalized spacial score (nSPS) is 15.9. The van der Waals surface area contributed by atoms with Gasteiger partial charge in [0.25, 0.3) is 0 Å². The third kappa shape index (κ3) is 16.1. The highest BCUT2D eigenvalue weighted by Crippen LogP contribution is 2.46. The van der Waals surface area contributed by atoms with Crippen molar-refractivity contribution in [1.82, 2.24) is 15.5 Å². The van der Waals surface area contributed by atoms with Crippen LogP contribution >= 0.6 is 0 Å². The van der Waals surface area contributed by atoms with E-state index in [1.807, 2.05) is 60.7 Å². The second-order valence-electron chi connectivity index (χ2n) is 15.7. The Balaban J connectivity index is 1.27.